The van der Waals surface area contributed by atoms with Gasteiger partial charge in [0.1, 0.15) is 0 Å². The number of fused-ring (bicyclic) bond motifs is 1. The van der Waals surface area contributed by atoms with Crippen LogP contribution in [0.4, 0.5) is 0 Å². The standard InChI is InChI=1S/C11H18/c1-6-3-9(6)11-5-8-4-10(11)7(8)2/h6-11H,3-5H2,1-2H3. The van der Waals surface area contributed by atoms with E-state index >= 15 is 0 Å². The van der Waals surface area contributed by atoms with Crippen LogP contribution in [0.3, 0.4) is 0 Å². The van der Waals surface area contributed by atoms with E-state index in [0.717, 1.165) is 29.6 Å². The topological polar surface area (TPSA) is 0 Å². The third-order valence-electron chi connectivity index (χ3n) is 4.84. The monoisotopic (exact) mass is 150 g/mol. The lowest BCUT2D eigenvalue weighted by Gasteiger charge is -2.34. The van der Waals surface area contributed by atoms with E-state index < -0.39 is 0 Å². The minimum absolute atomic E-state index is 1.09. The van der Waals surface area contributed by atoms with Crippen LogP contribution in [0.15, 0.2) is 0 Å². The van der Waals surface area contributed by atoms with Gasteiger partial charge in [-0.2, -0.15) is 0 Å². The van der Waals surface area contributed by atoms with Crippen LogP contribution in [0.1, 0.15) is 33.1 Å². The fourth-order valence-electron chi connectivity index (χ4n) is 3.77. The van der Waals surface area contributed by atoms with Crippen LogP contribution in [-0.4, -0.2) is 0 Å². The Labute approximate surface area is 69.4 Å². The van der Waals surface area contributed by atoms with E-state index in [1.54, 1.807) is 19.3 Å². The summed E-state index contributed by atoms with van der Waals surface area (Å²) in [5.41, 5.74) is 0. The second kappa shape index (κ2) is 1.84. The molecular formula is C11H18. The molecule has 0 aromatic heterocycles. The van der Waals surface area contributed by atoms with Gasteiger partial charge in [0.2, 0.25) is 0 Å². The zero-order valence-electron chi connectivity index (χ0n) is 7.59. The molecule has 4 rings (SSSR count). The predicted molar refractivity (Wildman–Crippen MR) is 46.1 cm³/mol. The second-order valence-corrected chi connectivity index (χ2v) is 5.30. The van der Waals surface area contributed by atoms with Gasteiger partial charge in [-0.3, -0.25) is 0 Å². The van der Waals surface area contributed by atoms with Crippen molar-refractivity contribution in [3.8, 4) is 0 Å². The summed E-state index contributed by atoms with van der Waals surface area (Å²) in [6.07, 6.45) is 4.75. The molecule has 4 fully saturated rings. The maximum atomic E-state index is 2.48. The summed E-state index contributed by atoms with van der Waals surface area (Å²) in [7, 11) is 0. The summed E-state index contributed by atoms with van der Waals surface area (Å²) >= 11 is 0. The van der Waals surface area contributed by atoms with E-state index in [1.165, 1.54) is 5.92 Å². The summed E-state index contributed by atoms with van der Waals surface area (Å²) in [6, 6.07) is 0. The Morgan fingerprint density at radius 2 is 1.45 bits per heavy atom. The van der Waals surface area contributed by atoms with Crippen molar-refractivity contribution in [2.75, 3.05) is 0 Å². The fraction of sp³-hybridized carbons (Fsp3) is 1.00. The van der Waals surface area contributed by atoms with Crippen molar-refractivity contribution in [1.82, 2.24) is 0 Å². The van der Waals surface area contributed by atoms with Gasteiger partial charge in [-0.1, -0.05) is 13.8 Å². The van der Waals surface area contributed by atoms with Crippen molar-refractivity contribution in [3.63, 3.8) is 0 Å². The Hall–Kier alpha value is 0. The first-order chi connectivity index (χ1) is 5.27. The van der Waals surface area contributed by atoms with Crippen molar-refractivity contribution < 1.29 is 0 Å². The predicted octanol–water partition coefficient (Wildman–Crippen LogP) is 2.93. The van der Waals surface area contributed by atoms with Crippen LogP contribution in [0.2, 0.25) is 0 Å². The first kappa shape index (κ1) is 6.51. The Kier molecular flexibility index (Phi) is 1.09. The van der Waals surface area contributed by atoms with Gasteiger partial charge in [-0.25, -0.2) is 0 Å². The molecule has 62 valence electrons. The molecule has 11 heavy (non-hydrogen) atoms. The van der Waals surface area contributed by atoms with E-state index in [2.05, 4.69) is 13.8 Å². The Morgan fingerprint density at radius 1 is 0.818 bits per heavy atom. The van der Waals surface area contributed by atoms with E-state index in [4.69, 9.17) is 0 Å². The fourth-order valence-corrected chi connectivity index (χ4v) is 3.77. The molecule has 0 aromatic carbocycles. The third-order valence-corrected chi connectivity index (χ3v) is 4.84. The molecule has 6 unspecified atom stereocenters. The summed E-state index contributed by atoms with van der Waals surface area (Å²) in [5, 5.41) is 0. The zero-order valence-corrected chi connectivity index (χ0v) is 7.59. The highest BCUT2D eigenvalue weighted by molar-refractivity contribution is 5.05. The van der Waals surface area contributed by atoms with Crippen LogP contribution in [0.25, 0.3) is 0 Å². The summed E-state index contributed by atoms with van der Waals surface area (Å²) in [5.74, 6) is 6.84. The first-order valence-corrected chi connectivity index (χ1v) is 5.27. The zero-order chi connectivity index (χ0) is 7.59. The van der Waals surface area contributed by atoms with Crippen molar-refractivity contribution in [3.05, 3.63) is 0 Å². The lowest BCUT2D eigenvalue weighted by Crippen LogP contribution is -2.27. The second-order valence-electron chi connectivity index (χ2n) is 5.30. The molecule has 6 atom stereocenters. The highest BCUT2D eigenvalue weighted by Crippen LogP contribution is 2.64. The minimum Gasteiger partial charge on any atom is -0.0622 e. The molecule has 0 heteroatoms. The molecule has 4 aliphatic carbocycles. The third kappa shape index (κ3) is 0.711. The van der Waals surface area contributed by atoms with Crippen LogP contribution >= 0.6 is 0 Å². The quantitative estimate of drug-likeness (QED) is 0.539. The molecule has 4 aliphatic rings. The molecular weight excluding hydrogens is 132 g/mol. The van der Waals surface area contributed by atoms with Gasteiger partial charge in [0.05, 0.1) is 0 Å². The number of rotatable bonds is 1. The van der Waals surface area contributed by atoms with Crippen LogP contribution in [-0.2, 0) is 0 Å². The molecule has 0 aromatic rings. The molecule has 0 nitrogen and oxygen atoms in total. The largest absolute Gasteiger partial charge is 0.0622 e. The van der Waals surface area contributed by atoms with Gasteiger partial charge in [-0.05, 0) is 54.8 Å². The maximum Gasteiger partial charge on any atom is -0.0349 e. The Morgan fingerprint density at radius 3 is 1.82 bits per heavy atom. The van der Waals surface area contributed by atoms with Gasteiger partial charge in [0.25, 0.3) is 0 Å². The van der Waals surface area contributed by atoms with E-state index in [-0.39, 0.29) is 0 Å². The normalized spacial score (nSPS) is 66.0. The average Bonchev–Trinajstić information content (AvgIpc) is 2.51. The molecule has 0 amide bonds. The molecule has 0 aliphatic heterocycles. The molecule has 0 N–H and O–H groups in total. The maximum absolute atomic E-state index is 2.48. The van der Waals surface area contributed by atoms with Crippen LogP contribution in [0, 0.1) is 35.5 Å². The Balaban J connectivity index is 1.73. The van der Waals surface area contributed by atoms with Gasteiger partial charge >= 0.3 is 0 Å². The van der Waals surface area contributed by atoms with E-state index in [1.807, 2.05) is 0 Å². The molecule has 0 heterocycles. The SMILES string of the molecule is CC1CC1C1CC2CC1C2C. The lowest BCUT2D eigenvalue weighted by molar-refractivity contribution is 0.151. The molecule has 2 bridgehead atoms. The van der Waals surface area contributed by atoms with Crippen molar-refractivity contribution in [1.29, 1.82) is 0 Å². The van der Waals surface area contributed by atoms with Gasteiger partial charge in [0.15, 0.2) is 0 Å². The molecule has 0 radical (unpaired) electrons. The van der Waals surface area contributed by atoms with E-state index in [0.29, 0.717) is 0 Å². The summed E-state index contributed by atoms with van der Waals surface area (Å²) in [6.45, 7) is 4.91. The van der Waals surface area contributed by atoms with Gasteiger partial charge in [0, 0.05) is 0 Å². The summed E-state index contributed by atoms with van der Waals surface area (Å²) < 4.78 is 0. The lowest BCUT2D eigenvalue weighted by atomic mass is 9.71. The van der Waals surface area contributed by atoms with E-state index in [9.17, 15) is 0 Å². The van der Waals surface area contributed by atoms with Gasteiger partial charge in [-0.15, -0.1) is 0 Å². The molecule has 4 saturated carbocycles. The number of hydrogen-bond acceptors (Lipinski definition) is 0. The Bertz CT molecular complexity index is 184. The van der Waals surface area contributed by atoms with Crippen LogP contribution in [0.5, 0.6) is 0 Å². The highest BCUT2D eigenvalue weighted by Gasteiger charge is 2.56. The van der Waals surface area contributed by atoms with Crippen LogP contribution < -0.4 is 0 Å². The number of hydrogen-bond donors (Lipinski definition) is 0. The first-order valence-electron chi connectivity index (χ1n) is 5.27. The van der Waals surface area contributed by atoms with Crippen molar-refractivity contribution in [2.45, 2.75) is 33.1 Å². The minimum atomic E-state index is 1.09. The smallest absolute Gasteiger partial charge is 0.0349 e. The average molecular weight is 150 g/mol. The van der Waals surface area contributed by atoms with Crippen molar-refractivity contribution in [2.24, 2.45) is 35.5 Å². The summed E-state index contributed by atoms with van der Waals surface area (Å²) in [4.78, 5) is 0. The highest BCUT2D eigenvalue weighted by atomic mass is 14.6. The molecule has 0 spiro atoms. The molecule has 0 saturated heterocycles. The van der Waals surface area contributed by atoms with Gasteiger partial charge < -0.3 is 0 Å². The van der Waals surface area contributed by atoms with Crippen molar-refractivity contribution >= 4 is 0 Å².